The van der Waals surface area contributed by atoms with E-state index in [1.165, 1.54) is 30.9 Å². The maximum Gasteiger partial charge on any atom is 0.408 e. The summed E-state index contributed by atoms with van der Waals surface area (Å²) in [6.45, 7) is 10.7. The van der Waals surface area contributed by atoms with Crippen LogP contribution in [0.4, 0.5) is 10.6 Å². The summed E-state index contributed by atoms with van der Waals surface area (Å²) in [6.07, 6.45) is 3.80. The van der Waals surface area contributed by atoms with Gasteiger partial charge in [-0.25, -0.2) is 14.6 Å². The van der Waals surface area contributed by atoms with E-state index >= 15 is 0 Å². The maximum absolute atomic E-state index is 13.5. The van der Waals surface area contributed by atoms with Gasteiger partial charge in [-0.3, -0.25) is 9.59 Å². The summed E-state index contributed by atoms with van der Waals surface area (Å²) >= 11 is 0. The lowest BCUT2D eigenvalue weighted by molar-refractivity contribution is -0.139. The first kappa shape index (κ1) is 36.6. The number of hydrogen-bond donors (Lipinski definition) is 4. The number of nitrogens with zero attached hydrogens (tertiary/aromatic N) is 2. The number of amides is 3. The van der Waals surface area contributed by atoms with Crippen molar-refractivity contribution in [2.24, 2.45) is 0 Å². The molecule has 47 heavy (non-hydrogen) atoms. The van der Waals surface area contributed by atoms with Gasteiger partial charge in [0.05, 0.1) is 26.1 Å². The second-order valence-electron chi connectivity index (χ2n) is 12.5. The van der Waals surface area contributed by atoms with Crippen molar-refractivity contribution in [3.8, 4) is 5.75 Å². The second kappa shape index (κ2) is 16.6. The van der Waals surface area contributed by atoms with Gasteiger partial charge in [-0.05, 0) is 64.3 Å². The van der Waals surface area contributed by atoms with E-state index in [1.807, 2.05) is 30.3 Å². The van der Waals surface area contributed by atoms with Crippen LogP contribution in [-0.2, 0) is 30.5 Å². The second-order valence-corrected chi connectivity index (χ2v) is 12.5. The highest BCUT2D eigenvalue weighted by Gasteiger charge is 2.35. The van der Waals surface area contributed by atoms with Crippen LogP contribution in [0.2, 0.25) is 0 Å². The van der Waals surface area contributed by atoms with E-state index in [4.69, 9.17) is 14.2 Å². The Kier molecular flexibility index (Phi) is 12.9. The molecule has 0 aliphatic carbocycles. The van der Waals surface area contributed by atoms with Crippen molar-refractivity contribution in [2.75, 3.05) is 18.5 Å². The molecule has 3 amide bonds. The van der Waals surface area contributed by atoms with E-state index in [0.717, 1.165) is 18.4 Å². The number of anilines is 1. The van der Waals surface area contributed by atoms with Crippen LogP contribution in [0.15, 0.2) is 67.1 Å². The zero-order chi connectivity index (χ0) is 34.6. The van der Waals surface area contributed by atoms with E-state index in [0.29, 0.717) is 17.9 Å². The molecule has 0 spiro atoms. The quantitative estimate of drug-likeness (QED) is 0.161. The van der Waals surface area contributed by atoms with Crippen molar-refractivity contribution < 1.29 is 38.5 Å². The molecule has 13 heteroatoms. The first-order valence-corrected chi connectivity index (χ1v) is 15.4. The Morgan fingerprint density at radius 2 is 1.66 bits per heavy atom. The maximum atomic E-state index is 13.5. The molecule has 0 saturated heterocycles. The first-order chi connectivity index (χ1) is 22.2. The number of aromatic nitrogens is 2. The number of unbranched alkanes of at least 4 members (excludes halogenated alkanes) is 1. The third kappa shape index (κ3) is 11.8. The third-order valence-electron chi connectivity index (χ3n) is 6.75. The standard InChI is InChI=1S/C34H45N5O8/c1-7-8-18-46-25-16-14-24(15-17-25)28(30(41)42)39-19-27(35-22-39)37-29(40)26(21-45-20-23-12-10-9-11-13-23)36-31(43)34(5,6)38-32(44)47-33(2,3)4/h9-17,19,22,26,28H,7-8,18,20-21H2,1-6H3,(H,36,43)(H,37,40)(H,38,44)(H,41,42)/t26-,28?/m1/s1. The zero-order valence-corrected chi connectivity index (χ0v) is 27.7. The molecule has 2 aromatic carbocycles. The average Bonchev–Trinajstić information content (AvgIpc) is 3.44. The van der Waals surface area contributed by atoms with Gasteiger partial charge in [0.15, 0.2) is 11.9 Å². The molecular formula is C34H45N5O8. The lowest BCUT2D eigenvalue weighted by Gasteiger charge is -2.29. The molecule has 0 fully saturated rings. The molecule has 1 unspecified atom stereocenters. The predicted octanol–water partition coefficient (Wildman–Crippen LogP) is 4.68. The Hall–Kier alpha value is -4.91. The largest absolute Gasteiger partial charge is 0.494 e. The van der Waals surface area contributed by atoms with Crippen LogP contribution in [0.5, 0.6) is 5.75 Å². The molecule has 0 bridgehead atoms. The van der Waals surface area contributed by atoms with Gasteiger partial charge in [0.2, 0.25) is 5.91 Å². The summed E-state index contributed by atoms with van der Waals surface area (Å²) in [6, 6.07) is 13.7. The molecule has 1 aromatic heterocycles. The van der Waals surface area contributed by atoms with Gasteiger partial charge in [0.25, 0.3) is 5.91 Å². The molecule has 0 saturated carbocycles. The van der Waals surface area contributed by atoms with Crippen LogP contribution in [0.3, 0.4) is 0 Å². The van der Waals surface area contributed by atoms with Crippen molar-refractivity contribution in [3.05, 3.63) is 78.2 Å². The van der Waals surface area contributed by atoms with Gasteiger partial charge in [0.1, 0.15) is 22.9 Å². The van der Waals surface area contributed by atoms with Crippen molar-refractivity contribution in [2.45, 2.75) is 84.2 Å². The van der Waals surface area contributed by atoms with Gasteiger partial charge < -0.3 is 39.8 Å². The van der Waals surface area contributed by atoms with Crippen LogP contribution < -0.4 is 20.7 Å². The van der Waals surface area contributed by atoms with Crippen LogP contribution in [0.1, 0.15) is 71.6 Å². The molecule has 4 N–H and O–H groups in total. The van der Waals surface area contributed by atoms with Crippen LogP contribution in [-0.4, -0.2) is 68.9 Å². The van der Waals surface area contributed by atoms with Crippen molar-refractivity contribution in [3.63, 3.8) is 0 Å². The monoisotopic (exact) mass is 651 g/mol. The van der Waals surface area contributed by atoms with Gasteiger partial charge in [-0.2, -0.15) is 0 Å². The number of nitrogens with one attached hydrogen (secondary N) is 3. The highest BCUT2D eigenvalue weighted by atomic mass is 16.6. The summed E-state index contributed by atoms with van der Waals surface area (Å²) in [4.78, 5) is 55.6. The zero-order valence-electron chi connectivity index (χ0n) is 27.7. The molecule has 13 nitrogen and oxygen atoms in total. The van der Waals surface area contributed by atoms with E-state index in [-0.39, 0.29) is 19.0 Å². The minimum absolute atomic E-state index is 0.0641. The number of imidazole rings is 1. The highest BCUT2D eigenvalue weighted by molar-refractivity contribution is 5.98. The lowest BCUT2D eigenvalue weighted by Crippen LogP contribution is -2.59. The van der Waals surface area contributed by atoms with Gasteiger partial charge in [-0.1, -0.05) is 55.8 Å². The summed E-state index contributed by atoms with van der Waals surface area (Å²) < 4.78 is 18.1. The Labute approximate surface area is 275 Å². The average molecular weight is 652 g/mol. The number of carboxylic acid groups (broad SMARTS) is 1. The lowest BCUT2D eigenvalue weighted by atomic mass is 10.0. The van der Waals surface area contributed by atoms with Crippen LogP contribution in [0, 0.1) is 0 Å². The molecule has 254 valence electrons. The Morgan fingerprint density at radius 3 is 2.28 bits per heavy atom. The van der Waals surface area contributed by atoms with Crippen molar-refractivity contribution in [1.82, 2.24) is 20.2 Å². The molecule has 0 aliphatic heterocycles. The molecule has 0 aliphatic rings. The number of alkyl carbamates (subject to hydrolysis) is 1. The van der Waals surface area contributed by atoms with Crippen molar-refractivity contribution >= 4 is 29.7 Å². The van der Waals surface area contributed by atoms with Crippen LogP contribution >= 0.6 is 0 Å². The van der Waals surface area contributed by atoms with Gasteiger partial charge >= 0.3 is 12.1 Å². The summed E-state index contributed by atoms with van der Waals surface area (Å²) in [5, 5.41) is 17.8. The summed E-state index contributed by atoms with van der Waals surface area (Å²) in [5.74, 6) is -1.75. The molecule has 3 aromatic rings. The molecule has 0 radical (unpaired) electrons. The smallest absolute Gasteiger partial charge is 0.408 e. The number of carbonyl (C=O) groups is 4. The first-order valence-electron chi connectivity index (χ1n) is 15.4. The SMILES string of the molecule is CCCCOc1ccc(C(C(=O)O)n2cnc(NC(=O)[C@@H](COCc3ccccc3)NC(=O)C(C)(C)NC(=O)OC(C)(C)C)c2)cc1. The Morgan fingerprint density at radius 1 is 0.979 bits per heavy atom. The topological polar surface area (TPSA) is 170 Å². The number of carbonyl (C=O) groups excluding carboxylic acids is 3. The number of hydrogen-bond acceptors (Lipinski definition) is 8. The van der Waals surface area contributed by atoms with E-state index in [2.05, 4.69) is 27.9 Å². The fourth-order valence-electron chi connectivity index (χ4n) is 4.28. The Bertz CT molecular complexity index is 1480. The number of benzene rings is 2. The highest BCUT2D eigenvalue weighted by Crippen LogP contribution is 2.23. The van der Waals surface area contributed by atoms with E-state index < -0.39 is 47.1 Å². The van der Waals surface area contributed by atoms with E-state index in [9.17, 15) is 24.3 Å². The van der Waals surface area contributed by atoms with Gasteiger partial charge in [0, 0.05) is 6.20 Å². The number of carboxylic acids is 1. The molecular weight excluding hydrogens is 606 g/mol. The normalized spacial score (nSPS) is 12.8. The minimum atomic E-state index is -1.45. The Balaban J connectivity index is 1.74. The number of rotatable bonds is 16. The summed E-state index contributed by atoms with van der Waals surface area (Å²) in [5.41, 5.74) is -0.883. The van der Waals surface area contributed by atoms with E-state index in [1.54, 1.807) is 45.0 Å². The molecule has 2 atom stereocenters. The van der Waals surface area contributed by atoms with Crippen LogP contribution in [0.25, 0.3) is 0 Å². The minimum Gasteiger partial charge on any atom is -0.494 e. The third-order valence-corrected chi connectivity index (χ3v) is 6.75. The van der Waals surface area contributed by atoms with Gasteiger partial charge in [-0.15, -0.1) is 0 Å². The fraction of sp³-hybridized carbons (Fsp3) is 0.441. The van der Waals surface area contributed by atoms with Crippen molar-refractivity contribution in [1.29, 1.82) is 0 Å². The number of ether oxygens (including phenoxy) is 3. The summed E-state index contributed by atoms with van der Waals surface area (Å²) in [7, 11) is 0. The molecule has 3 rings (SSSR count). The predicted molar refractivity (Wildman–Crippen MR) is 175 cm³/mol. The fourth-order valence-corrected chi connectivity index (χ4v) is 4.28. The number of aliphatic carboxylic acids is 1. The molecule has 1 heterocycles.